The van der Waals surface area contributed by atoms with Crippen molar-refractivity contribution >= 4 is 21.4 Å². The zero-order chi connectivity index (χ0) is 15.3. The number of carbonyl (C=O) groups is 1. The molecule has 1 saturated heterocycles. The molecule has 0 saturated carbocycles. The minimum absolute atomic E-state index is 0.0333. The van der Waals surface area contributed by atoms with Crippen LogP contribution in [0.4, 0.5) is 5.69 Å². The zero-order valence-corrected chi connectivity index (χ0v) is 12.8. The van der Waals surface area contributed by atoms with Gasteiger partial charge in [-0.3, -0.25) is 4.79 Å². The Morgan fingerprint density at radius 2 is 2.14 bits per heavy atom. The molecular formula is C14H20N2O4S. The summed E-state index contributed by atoms with van der Waals surface area (Å²) in [7, 11) is -1.33. The van der Waals surface area contributed by atoms with Gasteiger partial charge in [0.15, 0.2) is 9.84 Å². The first kappa shape index (κ1) is 15.8. The maximum Gasteiger partial charge on any atom is 0.225 e. The number of sulfone groups is 1. The molecule has 7 heteroatoms. The van der Waals surface area contributed by atoms with Crippen molar-refractivity contribution in [1.29, 1.82) is 0 Å². The number of ether oxygens (including phenoxy) is 1. The van der Waals surface area contributed by atoms with Crippen LogP contribution in [0.25, 0.3) is 0 Å². The van der Waals surface area contributed by atoms with E-state index in [1.54, 1.807) is 19.2 Å². The van der Waals surface area contributed by atoms with Gasteiger partial charge in [-0.05, 0) is 18.6 Å². The SMILES string of the molecule is COc1ccccc1NC(=O)CCNC1CCS(=O)(=O)C1. The Kier molecular flexibility index (Phi) is 5.19. The molecule has 2 rings (SSSR count). The van der Waals surface area contributed by atoms with Gasteiger partial charge >= 0.3 is 0 Å². The smallest absolute Gasteiger partial charge is 0.225 e. The Bertz CT molecular complexity index is 601. The van der Waals surface area contributed by atoms with Crippen molar-refractivity contribution in [2.45, 2.75) is 18.9 Å². The minimum atomic E-state index is -2.88. The van der Waals surface area contributed by atoms with E-state index in [4.69, 9.17) is 4.74 Å². The molecule has 21 heavy (non-hydrogen) atoms. The number of nitrogens with one attached hydrogen (secondary N) is 2. The molecule has 0 aliphatic carbocycles. The zero-order valence-electron chi connectivity index (χ0n) is 12.0. The van der Waals surface area contributed by atoms with Gasteiger partial charge in [0, 0.05) is 19.0 Å². The molecule has 0 spiro atoms. The number of anilines is 1. The molecule has 1 aliphatic rings. The first-order valence-corrected chi connectivity index (χ1v) is 8.69. The lowest BCUT2D eigenvalue weighted by molar-refractivity contribution is -0.116. The quantitative estimate of drug-likeness (QED) is 0.812. The number of rotatable bonds is 6. The van der Waals surface area contributed by atoms with Gasteiger partial charge in [-0.2, -0.15) is 0 Å². The lowest BCUT2D eigenvalue weighted by Gasteiger charge is -2.12. The second-order valence-corrected chi connectivity index (χ2v) is 7.28. The van der Waals surface area contributed by atoms with Crippen LogP contribution in [0.1, 0.15) is 12.8 Å². The van der Waals surface area contributed by atoms with Crippen LogP contribution in [-0.4, -0.2) is 45.5 Å². The van der Waals surface area contributed by atoms with Gasteiger partial charge in [-0.1, -0.05) is 12.1 Å². The molecule has 1 aromatic rings. The molecular weight excluding hydrogens is 292 g/mol. The Labute approximate surface area is 124 Å². The van der Waals surface area contributed by atoms with Crippen LogP contribution < -0.4 is 15.4 Å². The molecule has 1 aromatic carbocycles. The van der Waals surface area contributed by atoms with Crippen LogP contribution in [-0.2, 0) is 14.6 Å². The van der Waals surface area contributed by atoms with Crippen molar-refractivity contribution in [2.24, 2.45) is 0 Å². The van der Waals surface area contributed by atoms with Gasteiger partial charge in [0.05, 0.1) is 24.3 Å². The highest BCUT2D eigenvalue weighted by Gasteiger charge is 2.27. The van der Waals surface area contributed by atoms with Gasteiger partial charge in [-0.15, -0.1) is 0 Å². The van der Waals surface area contributed by atoms with E-state index in [-0.39, 0.29) is 29.9 Å². The molecule has 0 radical (unpaired) electrons. The van der Waals surface area contributed by atoms with Crippen LogP contribution >= 0.6 is 0 Å². The molecule has 2 N–H and O–H groups in total. The topological polar surface area (TPSA) is 84.5 Å². The Hall–Kier alpha value is -1.60. The largest absolute Gasteiger partial charge is 0.495 e. The van der Waals surface area contributed by atoms with Gasteiger partial charge < -0.3 is 15.4 Å². The number of hydrogen-bond donors (Lipinski definition) is 2. The van der Waals surface area contributed by atoms with Gasteiger partial charge in [0.1, 0.15) is 5.75 Å². The molecule has 1 heterocycles. The summed E-state index contributed by atoms with van der Waals surface area (Å²) in [6, 6.07) is 7.16. The standard InChI is InChI=1S/C14H20N2O4S/c1-20-13-5-3-2-4-12(13)16-14(17)6-8-15-11-7-9-21(18,19)10-11/h2-5,11,15H,6-10H2,1H3,(H,16,17). The van der Waals surface area contributed by atoms with Crippen LogP contribution in [0.3, 0.4) is 0 Å². The first-order valence-electron chi connectivity index (χ1n) is 6.87. The van der Waals surface area contributed by atoms with Gasteiger partial charge in [0.2, 0.25) is 5.91 Å². The molecule has 116 valence electrons. The summed E-state index contributed by atoms with van der Waals surface area (Å²) >= 11 is 0. The van der Waals surface area contributed by atoms with Crippen LogP contribution in [0.15, 0.2) is 24.3 Å². The predicted molar refractivity (Wildman–Crippen MR) is 81.3 cm³/mol. The van der Waals surface area contributed by atoms with Crippen molar-refractivity contribution in [2.75, 3.05) is 30.5 Å². The normalized spacial score (nSPS) is 20.1. The number of methoxy groups -OCH3 is 1. The highest BCUT2D eigenvalue weighted by Crippen LogP contribution is 2.22. The van der Waals surface area contributed by atoms with Crippen LogP contribution in [0.5, 0.6) is 5.75 Å². The molecule has 1 amide bonds. The van der Waals surface area contributed by atoms with E-state index < -0.39 is 9.84 Å². The van der Waals surface area contributed by atoms with E-state index in [2.05, 4.69) is 10.6 Å². The average Bonchev–Trinajstić information content (AvgIpc) is 2.79. The Balaban J connectivity index is 1.75. The van der Waals surface area contributed by atoms with E-state index in [9.17, 15) is 13.2 Å². The molecule has 6 nitrogen and oxygen atoms in total. The lowest BCUT2D eigenvalue weighted by atomic mass is 10.2. The van der Waals surface area contributed by atoms with Crippen molar-refractivity contribution < 1.29 is 17.9 Å². The van der Waals surface area contributed by atoms with Crippen LogP contribution in [0.2, 0.25) is 0 Å². The van der Waals surface area contributed by atoms with Crippen molar-refractivity contribution in [3.63, 3.8) is 0 Å². The maximum atomic E-state index is 11.9. The monoisotopic (exact) mass is 312 g/mol. The number of hydrogen-bond acceptors (Lipinski definition) is 5. The molecule has 1 fully saturated rings. The number of para-hydroxylation sites is 2. The van der Waals surface area contributed by atoms with Crippen molar-refractivity contribution in [1.82, 2.24) is 5.32 Å². The number of amides is 1. The van der Waals surface area contributed by atoms with E-state index in [1.165, 1.54) is 0 Å². The van der Waals surface area contributed by atoms with Crippen LogP contribution in [0, 0.1) is 0 Å². The molecule has 1 aliphatic heterocycles. The second kappa shape index (κ2) is 6.91. The summed E-state index contributed by atoms with van der Waals surface area (Å²) in [6.07, 6.45) is 0.908. The first-order chi connectivity index (χ1) is 10.00. The third kappa shape index (κ3) is 4.71. The maximum absolute atomic E-state index is 11.9. The van der Waals surface area contributed by atoms with Crippen molar-refractivity contribution in [3.8, 4) is 5.75 Å². The van der Waals surface area contributed by atoms with E-state index >= 15 is 0 Å². The van der Waals surface area contributed by atoms with Gasteiger partial charge in [-0.25, -0.2) is 8.42 Å². The molecule has 1 unspecified atom stereocenters. The molecule has 1 atom stereocenters. The summed E-state index contributed by atoms with van der Waals surface area (Å²) in [5.41, 5.74) is 0.633. The minimum Gasteiger partial charge on any atom is -0.495 e. The summed E-state index contributed by atoms with van der Waals surface area (Å²) in [6.45, 7) is 0.459. The summed E-state index contributed by atoms with van der Waals surface area (Å²) in [5, 5.41) is 5.89. The summed E-state index contributed by atoms with van der Waals surface area (Å²) < 4.78 is 27.8. The van der Waals surface area contributed by atoms with E-state index in [0.717, 1.165) is 0 Å². The number of benzene rings is 1. The van der Waals surface area contributed by atoms with Crippen molar-refractivity contribution in [3.05, 3.63) is 24.3 Å². The predicted octanol–water partition coefficient (Wildman–Crippen LogP) is 0.800. The average molecular weight is 312 g/mol. The van der Waals surface area contributed by atoms with E-state index in [0.29, 0.717) is 24.4 Å². The lowest BCUT2D eigenvalue weighted by Crippen LogP contribution is -2.32. The summed E-state index contributed by atoms with van der Waals surface area (Å²) in [4.78, 5) is 11.9. The fourth-order valence-electron chi connectivity index (χ4n) is 2.31. The Morgan fingerprint density at radius 3 is 2.81 bits per heavy atom. The Morgan fingerprint density at radius 1 is 1.38 bits per heavy atom. The molecule has 0 bridgehead atoms. The second-order valence-electron chi connectivity index (χ2n) is 5.05. The fraction of sp³-hybridized carbons (Fsp3) is 0.500. The van der Waals surface area contributed by atoms with E-state index in [1.807, 2.05) is 12.1 Å². The highest BCUT2D eigenvalue weighted by atomic mass is 32.2. The fourth-order valence-corrected chi connectivity index (χ4v) is 4.01. The third-order valence-corrected chi connectivity index (χ3v) is 5.17. The highest BCUT2D eigenvalue weighted by molar-refractivity contribution is 7.91. The summed E-state index contributed by atoms with van der Waals surface area (Å²) in [5.74, 6) is 0.882. The molecule has 0 aromatic heterocycles. The van der Waals surface area contributed by atoms with Gasteiger partial charge in [0.25, 0.3) is 0 Å². The number of carbonyl (C=O) groups excluding carboxylic acids is 1. The third-order valence-electron chi connectivity index (χ3n) is 3.40.